The quantitative estimate of drug-likeness (QED) is 0.153. The van der Waals surface area contributed by atoms with E-state index in [-0.39, 0.29) is 0 Å². The lowest BCUT2D eigenvalue weighted by Crippen LogP contribution is -2.05. The van der Waals surface area contributed by atoms with Crippen molar-refractivity contribution in [3.63, 3.8) is 0 Å². The van der Waals surface area contributed by atoms with Crippen LogP contribution in [0.25, 0.3) is 66.6 Å². The number of aromatic nitrogens is 4. The molecule has 3 aromatic heterocycles. The molecule has 0 spiro atoms. The van der Waals surface area contributed by atoms with Crippen LogP contribution in [0.15, 0.2) is 146 Å². The second kappa shape index (κ2) is 12.4. The molecule has 0 fully saturated rings. The van der Waals surface area contributed by atoms with E-state index in [2.05, 4.69) is 70.6 Å². The number of aryl methyl sites for hydroxylation is 2. The maximum atomic E-state index is 11.9. The molecule has 0 amide bonds. The maximum absolute atomic E-state index is 11.9. The lowest BCUT2D eigenvalue weighted by Gasteiger charge is -2.13. The summed E-state index contributed by atoms with van der Waals surface area (Å²) in [6, 6.07) is 48.9. The molecule has 4 N–H and O–H groups in total. The normalized spacial score (nSPS) is 15.6. The number of benzene rings is 4. The van der Waals surface area contributed by atoms with E-state index in [9.17, 15) is 10.2 Å². The van der Waals surface area contributed by atoms with Crippen molar-refractivity contribution in [1.29, 1.82) is 0 Å². The summed E-state index contributed by atoms with van der Waals surface area (Å²) in [7, 11) is 0. The van der Waals surface area contributed by atoms with E-state index >= 15 is 0 Å². The first-order valence-corrected chi connectivity index (χ1v) is 17.0. The average molecular weight is 651 g/mol. The van der Waals surface area contributed by atoms with Crippen molar-refractivity contribution in [3.05, 3.63) is 168 Å². The molecule has 6 nitrogen and oxygen atoms in total. The van der Waals surface area contributed by atoms with Crippen LogP contribution in [0, 0.1) is 0 Å². The topological polar surface area (TPSA) is 97.8 Å². The highest BCUT2D eigenvalue weighted by Crippen LogP contribution is 2.44. The summed E-state index contributed by atoms with van der Waals surface area (Å²) in [6.07, 6.45) is -0.944. The Balaban J connectivity index is 1.50. The Labute approximate surface area is 289 Å². The van der Waals surface area contributed by atoms with Gasteiger partial charge in [0.1, 0.15) is 12.2 Å². The molecule has 6 heteroatoms. The maximum Gasteiger partial charge on any atom is 0.128 e. The Morgan fingerprint density at radius 2 is 0.680 bits per heavy atom. The molecule has 5 heterocycles. The summed E-state index contributed by atoms with van der Waals surface area (Å²) in [5, 5.41) is 23.7. The number of aromatic amines is 2. The van der Waals surface area contributed by atoms with Crippen molar-refractivity contribution in [3.8, 4) is 44.5 Å². The Morgan fingerprint density at radius 3 is 1.02 bits per heavy atom. The molecule has 4 aromatic carbocycles. The lowest BCUT2D eigenvalue weighted by molar-refractivity contribution is 0.0260. The molecule has 242 valence electrons. The van der Waals surface area contributed by atoms with Crippen LogP contribution in [0.4, 0.5) is 0 Å². The molecule has 2 aliphatic rings. The predicted octanol–water partition coefficient (Wildman–Crippen LogP) is 9.53. The van der Waals surface area contributed by atoms with Gasteiger partial charge in [-0.15, -0.1) is 0 Å². The summed E-state index contributed by atoms with van der Waals surface area (Å²) in [5.74, 6) is 0. The average Bonchev–Trinajstić information content (AvgIpc) is 3.99. The highest BCUT2D eigenvalue weighted by atomic mass is 16.3. The highest BCUT2D eigenvalue weighted by Gasteiger charge is 2.34. The third kappa shape index (κ3) is 5.13. The lowest BCUT2D eigenvalue weighted by atomic mass is 9.97. The van der Waals surface area contributed by atoms with Gasteiger partial charge in [0.15, 0.2) is 0 Å². The summed E-state index contributed by atoms with van der Waals surface area (Å²) in [4.78, 5) is 18.0. The zero-order valence-electron chi connectivity index (χ0n) is 27.2. The zero-order valence-corrected chi connectivity index (χ0v) is 27.2. The Morgan fingerprint density at radius 1 is 0.380 bits per heavy atom. The number of nitrogens with one attached hydrogen (secondary N) is 2. The van der Waals surface area contributed by atoms with Crippen LogP contribution in [0.5, 0.6) is 0 Å². The first-order chi connectivity index (χ1) is 24.6. The SMILES string of the molecule is O[C@@H]1c2nc(c(-c3ccccc3)c3ccc([nH]3)c(-c3ccccc3)c3nc(c(-c4ccccc4)c4ccc([nH]4)c2-c2ccccc2)CC3)[C@@H]1O. The third-order valence-electron chi connectivity index (χ3n) is 9.76. The molecule has 0 unspecified atom stereocenters. The van der Waals surface area contributed by atoms with Crippen molar-refractivity contribution in [2.45, 2.75) is 25.0 Å². The predicted molar refractivity (Wildman–Crippen MR) is 200 cm³/mol. The van der Waals surface area contributed by atoms with Crippen molar-refractivity contribution >= 4 is 22.1 Å². The number of H-pyrrole nitrogens is 2. The van der Waals surface area contributed by atoms with Crippen LogP contribution in [0.1, 0.15) is 35.0 Å². The van der Waals surface area contributed by atoms with Gasteiger partial charge in [-0.2, -0.15) is 0 Å². The van der Waals surface area contributed by atoms with E-state index in [1.54, 1.807) is 0 Å². The van der Waals surface area contributed by atoms with Crippen molar-refractivity contribution < 1.29 is 10.2 Å². The number of aliphatic hydroxyl groups excluding tert-OH is 2. The minimum absolute atomic E-state index is 0.408. The van der Waals surface area contributed by atoms with E-state index in [0.717, 1.165) is 90.8 Å². The van der Waals surface area contributed by atoms with Gasteiger partial charge in [0, 0.05) is 44.3 Å². The fourth-order valence-corrected chi connectivity index (χ4v) is 7.47. The van der Waals surface area contributed by atoms with E-state index in [4.69, 9.17) is 9.97 Å². The Kier molecular flexibility index (Phi) is 7.46. The third-order valence-corrected chi connectivity index (χ3v) is 9.76. The van der Waals surface area contributed by atoms with Crippen molar-refractivity contribution in [2.75, 3.05) is 0 Å². The van der Waals surface area contributed by atoms with Crippen LogP contribution < -0.4 is 0 Å². The van der Waals surface area contributed by atoms with Gasteiger partial charge in [-0.05, 0) is 59.4 Å². The molecule has 0 saturated heterocycles. The monoisotopic (exact) mass is 650 g/mol. The van der Waals surface area contributed by atoms with E-state index in [0.29, 0.717) is 11.4 Å². The first kappa shape index (κ1) is 30.0. The number of aliphatic hydroxyl groups is 2. The number of hydrogen-bond acceptors (Lipinski definition) is 4. The molecule has 50 heavy (non-hydrogen) atoms. The number of rotatable bonds is 4. The number of fused-ring (bicyclic) bond motifs is 8. The van der Waals surface area contributed by atoms with E-state index in [1.807, 2.05) is 84.9 Å². The van der Waals surface area contributed by atoms with Crippen LogP contribution in [-0.4, -0.2) is 30.1 Å². The first-order valence-electron chi connectivity index (χ1n) is 17.0. The fourth-order valence-electron chi connectivity index (χ4n) is 7.47. The molecule has 2 aliphatic heterocycles. The van der Waals surface area contributed by atoms with Gasteiger partial charge in [-0.25, -0.2) is 0 Å². The van der Waals surface area contributed by atoms with Crippen LogP contribution in [-0.2, 0) is 12.8 Å². The van der Waals surface area contributed by atoms with E-state index < -0.39 is 12.2 Å². The summed E-state index contributed by atoms with van der Waals surface area (Å²) < 4.78 is 0. The standard InChI is InChI=1S/C44H34N4O2/c49-43-41-39(29-17-9-3-10-18-29)35-25-23-33(46-35)37(27-13-5-1-6-14-27)31-21-22-32(45-31)38(28-15-7-2-8-16-28)34-24-26-36(47-34)40(42(48-41)44(43)50)30-19-11-4-12-20-30/h1-20,23-26,43-44,46-47,49-50H,21-22H2/t43-,44+. The molecule has 8 bridgehead atoms. The largest absolute Gasteiger partial charge is 0.384 e. The second-order valence-electron chi connectivity index (χ2n) is 12.8. The molecular weight excluding hydrogens is 617 g/mol. The second-order valence-corrected chi connectivity index (χ2v) is 12.8. The van der Waals surface area contributed by atoms with Gasteiger partial charge >= 0.3 is 0 Å². The van der Waals surface area contributed by atoms with Gasteiger partial charge in [-0.1, -0.05) is 121 Å². The van der Waals surface area contributed by atoms with Crippen molar-refractivity contribution in [2.24, 2.45) is 0 Å². The Bertz CT molecular complexity index is 2330. The smallest absolute Gasteiger partial charge is 0.128 e. The van der Waals surface area contributed by atoms with Crippen LogP contribution in [0.3, 0.4) is 0 Å². The zero-order chi connectivity index (χ0) is 33.6. The van der Waals surface area contributed by atoms with Crippen molar-refractivity contribution in [1.82, 2.24) is 19.9 Å². The molecular formula is C44H34N4O2. The van der Waals surface area contributed by atoms with Gasteiger partial charge in [0.25, 0.3) is 0 Å². The summed E-state index contributed by atoms with van der Waals surface area (Å²) >= 11 is 0. The summed E-state index contributed by atoms with van der Waals surface area (Å²) in [5.41, 5.74) is 13.7. The van der Waals surface area contributed by atoms with Gasteiger partial charge in [0.05, 0.1) is 22.8 Å². The number of hydrogen-bond donors (Lipinski definition) is 4. The van der Waals surface area contributed by atoms with Crippen LogP contribution in [0.2, 0.25) is 0 Å². The fraction of sp³-hybridized carbons (Fsp3) is 0.0909. The minimum atomic E-state index is -1.25. The number of nitrogens with zero attached hydrogens (tertiary/aromatic N) is 2. The minimum Gasteiger partial charge on any atom is -0.384 e. The molecule has 7 aromatic rings. The molecule has 0 saturated carbocycles. The molecule has 0 radical (unpaired) electrons. The highest BCUT2D eigenvalue weighted by molar-refractivity contribution is 5.92. The Hall–Kier alpha value is -6.08. The summed E-state index contributed by atoms with van der Waals surface area (Å²) in [6.45, 7) is 0. The molecule has 9 rings (SSSR count). The molecule has 0 aliphatic carbocycles. The van der Waals surface area contributed by atoms with Gasteiger partial charge in [0.2, 0.25) is 0 Å². The van der Waals surface area contributed by atoms with E-state index in [1.165, 1.54) is 0 Å². The molecule has 2 atom stereocenters. The van der Waals surface area contributed by atoms with Gasteiger partial charge in [-0.3, -0.25) is 9.97 Å². The van der Waals surface area contributed by atoms with Gasteiger partial charge < -0.3 is 20.2 Å². The van der Waals surface area contributed by atoms with Crippen LogP contribution >= 0.6 is 0 Å².